The fourth-order valence-electron chi connectivity index (χ4n) is 2.61. The van der Waals surface area contributed by atoms with E-state index in [0.29, 0.717) is 6.04 Å². The largest absolute Gasteiger partial charge is 0.313 e. The highest BCUT2D eigenvalue weighted by molar-refractivity contribution is 9.10. The second kappa shape index (κ2) is 6.36. The lowest BCUT2D eigenvalue weighted by Crippen LogP contribution is -2.21. The maximum atomic E-state index is 3.64. The van der Waals surface area contributed by atoms with Gasteiger partial charge < -0.3 is 5.32 Å². The van der Waals surface area contributed by atoms with Crippen LogP contribution in [-0.4, -0.2) is 7.05 Å². The van der Waals surface area contributed by atoms with Crippen molar-refractivity contribution in [1.82, 2.24) is 5.32 Å². The van der Waals surface area contributed by atoms with E-state index in [1.807, 2.05) is 7.05 Å². The third-order valence-electron chi connectivity index (χ3n) is 3.62. The Kier molecular flexibility index (Phi) is 4.78. The zero-order valence-electron chi connectivity index (χ0n) is 11.7. The minimum absolute atomic E-state index is 0.347. The molecule has 0 aliphatic heterocycles. The summed E-state index contributed by atoms with van der Waals surface area (Å²) in [6.45, 7) is 4.37. The quantitative estimate of drug-likeness (QED) is 0.871. The van der Waals surface area contributed by atoms with Gasteiger partial charge in [-0.05, 0) is 55.6 Å². The molecule has 0 fully saturated rings. The van der Waals surface area contributed by atoms with Gasteiger partial charge in [-0.25, -0.2) is 0 Å². The Morgan fingerprint density at radius 2 is 1.63 bits per heavy atom. The van der Waals surface area contributed by atoms with Gasteiger partial charge in [0, 0.05) is 10.5 Å². The molecule has 0 radical (unpaired) electrons. The second-order valence-electron chi connectivity index (χ2n) is 4.94. The van der Waals surface area contributed by atoms with Crippen LogP contribution in [0.25, 0.3) is 0 Å². The van der Waals surface area contributed by atoms with Gasteiger partial charge in [0.25, 0.3) is 0 Å². The fraction of sp³-hybridized carbons (Fsp3) is 0.294. The molecule has 0 heterocycles. The van der Waals surface area contributed by atoms with Gasteiger partial charge in [0.2, 0.25) is 0 Å². The van der Waals surface area contributed by atoms with Crippen LogP contribution in [0.4, 0.5) is 0 Å². The number of hydrogen-bond donors (Lipinski definition) is 1. The molecule has 2 heteroatoms. The first-order chi connectivity index (χ1) is 9.13. The zero-order chi connectivity index (χ0) is 13.8. The summed E-state index contributed by atoms with van der Waals surface area (Å²) in [5.74, 6) is 0. The van der Waals surface area contributed by atoms with Crippen LogP contribution in [0.5, 0.6) is 0 Å². The monoisotopic (exact) mass is 317 g/mol. The molecule has 0 aliphatic rings. The zero-order valence-corrected chi connectivity index (χ0v) is 13.3. The van der Waals surface area contributed by atoms with Crippen LogP contribution in [0, 0.1) is 13.8 Å². The molecule has 0 saturated carbocycles. The van der Waals surface area contributed by atoms with Crippen LogP contribution in [0.15, 0.2) is 46.9 Å². The summed E-state index contributed by atoms with van der Waals surface area (Å²) in [6.07, 6.45) is 0.990. The molecule has 0 amide bonds. The summed E-state index contributed by atoms with van der Waals surface area (Å²) < 4.78 is 1.18. The molecular weight excluding hydrogens is 298 g/mol. The predicted octanol–water partition coefficient (Wildman–Crippen LogP) is 4.57. The molecule has 1 nitrogen and oxygen atoms in total. The Balaban J connectivity index is 2.34. The maximum absolute atomic E-state index is 3.64. The van der Waals surface area contributed by atoms with Crippen molar-refractivity contribution in [1.29, 1.82) is 0 Å². The van der Waals surface area contributed by atoms with Crippen LogP contribution in [-0.2, 0) is 6.42 Å². The number of halogens is 1. The number of nitrogens with one attached hydrogen (secondary N) is 1. The van der Waals surface area contributed by atoms with Crippen molar-refractivity contribution >= 4 is 15.9 Å². The Morgan fingerprint density at radius 3 is 2.21 bits per heavy atom. The average Bonchev–Trinajstić information content (AvgIpc) is 2.39. The molecule has 100 valence electrons. The summed E-state index contributed by atoms with van der Waals surface area (Å²) in [4.78, 5) is 0. The van der Waals surface area contributed by atoms with E-state index in [2.05, 4.69) is 77.6 Å². The molecule has 1 unspecified atom stereocenters. The van der Waals surface area contributed by atoms with E-state index in [1.54, 1.807) is 0 Å². The number of benzene rings is 2. The standard InChI is InChI=1S/C17H20BrN/c1-12-7-6-8-13(2)17(12)16(19-3)11-14-9-4-5-10-15(14)18/h4-10,16,19H,11H2,1-3H3. The second-order valence-corrected chi connectivity index (χ2v) is 5.80. The summed E-state index contributed by atoms with van der Waals surface area (Å²) in [5.41, 5.74) is 5.46. The van der Waals surface area contributed by atoms with Gasteiger partial charge in [-0.15, -0.1) is 0 Å². The molecule has 0 aliphatic carbocycles. The summed E-state index contributed by atoms with van der Waals surface area (Å²) in [5, 5.41) is 3.45. The lowest BCUT2D eigenvalue weighted by molar-refractivity contribution is 0.585. The first kappa shape index (κ1) is 14.3. The van der Waals surface area contributed by atoms with Crippen molar-refractivity contribution < 1.29 is 0 Å². The third kappa shape index (κ3) is 3.26. The van der Waals surface area contributed by atoms with Crippen LogP contribution in [0.1, 0.15) is 28.3 Å². The van der Waals surface area contributed by atoms with Gasteiger partial charge in [0.15, 0.2) is 0 Å². The summed E-state index contributed by atoms with van der Waals surface area (Å²) in [7, 11) is 2.04. The van der Waals surface area contributed by atoms with Crippen molar-refractivity contribution in [2.24, 2.45) is 0 Å². The highest BCUT2D eigenvalue weighted by Gasteiger charge is 2.15. The normalized spacial score (nSPS) is 12.4. The summed E-state index contributed by atoms with van der Waals surface area (Å²) >= 11 is 3.64. The minimum atomic E-state index is 0.347. The van der Waals surface area contributed by atoms with Crippen LogP contribution in [0.2, 0.25) is 0 Å². The van der Waals surface area contributed by atoms with Crippen LogP contribution < -0.4 is 5.32 Å². The Morgan fingerprint density at radius 1 is 1.00 bits per heavy atom. The highest BCUT2D eigenvalue weighted by atomic mass is 79.9. The molecule has 0 spiro atoms. The molecule has 2 rings (SSSR count). The number of likely N-dealkylation sites (N-methyl/N-ethyl adjacent to an activating group) is 1. The lowest BCUT2D eigenvalue weighted by Gasteiger charge is -2.22. The Bertz CT molecular complexity index is 543. The van der Waals surface area contributed by atoms with Gasteiger partial charge in [0.05, 0.1) is 0 Å². The van der Waals surface area contributed by atoms with Crippen molar-refractivity contribution in [2.75, 3.05) is 7.05 Å². The SMILES string of the molecule is CNC(Cc1ccccc1Br)c1c(C)cccc1C. The topological polar surface area (TPSA) is 12.0 Å². The van der Waals surface area contributed by atoms with Crippen LogP contribution in [0.3, 0.4) is 0 Å². The molecule has 19 heavy (non-hydrogen) atoms. The summed E-state index contributed by atoms with van der Waals surface area (Å²) in [6, 6.07) is 15.3. The van der Waals surface area contributed by atoms with Gasteiger partial charge in [0.1, 0.15) is 0 Å². The lowest BCUT2D eigenvalue weighted by atomic mass is 9.92. The first-order valence-corrected chi connectivity index (χ1v) is 7.39. The molecule has 1 atom stereocenters. The highest BCUT2D eigenvalue weighted by Crippen LogP contribution is 2.27. The Hall–Kier alpha value is -1.12. The number of hydrogen-bond acceptors (Lipinski definition) is 1. The van der Waals surface area contributed by atoms with Gasteiger partial charge in [-0.3, -0.25) is 0 Å². The molecule has 2 aromatic carbocycles. The van der Waals surface area contributed by atoms with E-state index < -0.39 is 0 Å². The fourth-order valence-corrected chi connectivity index (χ4v) is 3.06. The van der Waals surface area contributed by atoms with Crippen molar-refractivity contribution in [2.45, 2.75) is 26.3 Å². The van der Waals surface area contributed by atoms with Gasteiger partial charge >= 0.3 is 0 Å². The van der Waals surface area contributed by atoms with E-state index in [9.17, 15) is 0 Å². The molecule has 0 saturated heterocycles. The van der Waals surface area contributed by atoms with Gasteiger partial charge in [-0.2, -0.15) is 0 Å². The maximum Gasteiger partial charge on any atom is 0.0364 e. The van der Waals surface area contributed by atoms with Crippen molar-refractivity contribution in [3.05, 3.63) is 69.2 Å². The Labute approximate surface area is 124 Å². The number of rotatable bonds is 4. The van der Waals surface area contributed by atoms with E-state index in [4.69, 9.17) is 0 Å². The molecule has 0 bridgehead atoms. The molecule has 2 aromatic rings. The molecular formula is C17H20BrN. The smallest absolute Gasteiger partial charge is 0.0364 e. The molecule has 0 aromatic heterocycles. The van der Waals surface area contributed by atoms with E-state index in [-0.39, 0.29) is 0 Å². The van der Waals surface area contributed by atoms with Crippen molar-refractivity contribution in [3.8, 4) is 0 Å². The first-order valence-electron chi connectivity index (χ1n) is 6.60. The molecule has 1 N–H and O–H groups in total. The van der Waals surface area contributed by atoms with E-state index in [1.165, 1.54) is 26.7 Å². The van der Waals surface area contributed by atoms with Crippen molar-refractivity contribution in [3.63, 3.8) is 0 Å². The predicted molar refractivity (Wildman–Crippen MR) is 85.6 cm³/mol. The third-order valence-corrected chi connectivity index (χ3v) is 4.39. The average molecular weight is 318 g/mol. The van der Waals surface area contributed by atoms with E-state index >= 15 is 0 Å². The van der Waals surface area contributed by atoms with E-state index in [0.717, 1.165) is 6.42 Å². The number of aryl methyl sites for hydroxylation is 2. The van der Waals surface area contributed by atoms with Gasteiger partial charge in [-0.1, -0.05) is 52.3 Å². The van der Waals surface area contributed by atoms with Crippen LogP contribution >= 0.6 is 15.9 Å². The minimum Gasteiger partial charge on any atom is -0.313 e.